The molecule has 2 heterocycles. The molecule has 1 aromatic heterocycles. The van der Waals surface area contributed by atoms with Gasteiger partial charge in [-0.3, -0.25) is 4.79 Å². The summed E-state index contributed by atoms with van der Waals surface area (Å²) in [5.74, 6) is -1.10. The molecule has 1 N–H and O–H groups in total. The topological polar surface area (TPSA) is 70.5 Å². The van der Waals surface area contributed by atoms with Crippen LogP contribution < -0.4 is 0 Å². The monoisotopic (exact) mass is 254 g/mol. The van der Waals surface area contributed by atoms with E-state index in [0.717, 1.165) is 12.1 Å². The first-order valence-corrected chi connectivity index (χ1v) is 6.49. The molecule has 2 rings (SSSR count). The van der Waals surface area contributed by atoms with Crippen LogP contribution in [0.5, 0.6) is 0 Å². The molecule has 0 aliphatic carbocycles. The maximum atomic E-state index is 12.2. The average molecular weight is 254 g/mol. The Hall–Kier alpha value is -1.43. The number of rotatable bonds is 3. The highest BCUT2D eigenvalue weighted by atomic mass is 32.1. The van der Waals surface area contributed by atoms with E-state index in [1.165, 1.54) is 16.2 Å². The molecule has 0 spiro atoms. The van der Waals surface area contributed by atoms with Crippen molar-refractivity contribution in [3.63, 3.8) is 0 Å². The lowest BCUT2D eigenvalue weighted by atomic mass is 10.2. The summed E-state index contributed by atoms with van der Waals surface area (Å²) >= 11 is 1.29. The third kappa shape index (κ3) is 2.17. The molecule has 1 fully saturated rings. The van der Waals surface area contributed by atoms with Crippen molar-refractivity contribution in [3.8, 4) is 0 Å². The van der Waals surface area contributed by atoms with Crippen LogP contribution in [0.25, 0.3) is 0 Å². The lowest BCUT2D eigenvalue weighted by Gasteiger charge is -2.20. The zero-order valence-corrected chi connectivity index (χ0v) is 10.4. The Labute approximate surface area is 103 Å². The van der Waals surface area contributed by atoms with Crippen molar-refractivity contribution in [2.24, 2.45) is 0 Å². The molecule has 1 aliphatic heterocycles. The number of hydrogen-bond acceptors (Lipinski definition) is 4. The minimum absolute atomic E-state index is 0.186. The summed E-state index contributed by atoms with van der Waals surface area (Å²) in [5, 5.41) is 9.05. The van der Waals surface area contributed by atoms with E-state index in [1.807, 2.05) is 6.92 Å². The van der Waals surface area contributed by atoms with Gasteiger partial charge in [0.05, 0.1) is 11.2 Å². The first-order chi connectivity index (χ1) is 8.15. The SMILES string of the molecule is CCc1ncsc1C(=O)N1CCC[C@@H]1C(=O)O. The number of carbonyl (C=O) groups is 2. The number of likely N-dealkylation sites (tertiary alicyclic amines) is 1. The zero-order valence-electron chi connectivity index (χ0n) is 9.55. The Morgan fingerprint density at radius 1 is 1.65 bits per heavy atom. The second-order valence-electron chi connectivity index (χ2n) is 3.98. The van der Waals surface area contributed by atoms with Crippen LogP contribution in [0, 0.1) is 0 Å². The van der Waals surface area contributed by atoms with Crippen LogP contribution in [0.2, 0.25) is 0 Å². The minimum Gasteiger partial charge on any atom is -0.480 e. The van der Waals surface area contributed by atoms with Gasteiger partial charge in [0, 0.05) is 6.54 Å². The number of amides is 1. The molecule has 92 valence electrons. The lowest BCUT2D eigenvalue weighted by Crippen LogP contribution is -2.40. The smallest absolute Gasteiger partial charge is 0.326 e. The van der Waals surface area contributed by atoms with Crippen LogP contribution in [0.3, 0.4) is 0 Å². The van der Waals surface area contributed by atoms with Crippen LogP contribution in [0.15, 0.2) is 5.51 Å². The van der Waals surface area contributed by atoms with Gasteiger partial charge in [-0.2, -0.15) is 0 Å². The fourth-order valence-corrected chi connectivity index (χ4v) is 2.93. The van der Waals surface area contributed by atoms with E-state index in [1.54, 1.807) is 5.51 Å². The molecule has 1 saturated heterocycles. The van der Waals surface area contributed by atoms with Crippen molar-refractivity contribution < 1.29 is 14.7 Å². The molecule has 1 aliphatic rings. The second kappa shape index (κ2) is 4.83. The molecule has 0 saturated carbocycles. The highest BCUT2D eigenvalue weighted by Crippen LogP contribution is 2.23. The van der Waals surface area contributed by atoms with Gasteiger partial charge >= 0.3 is 5.97 Å². The largest absolute Gasteiger partial charge is 0.480 e. The highest BCUT2D eigenvalue weighted by Gasteiger charge is 2.35. The molecule has 1 aromatic rings. The number of aromatic nitrogens is 1. The van der Waals surface area contributed by atoms with Gasteiger partial charge in [-0.15, -0.1) is 11.3 Å². The van der Waals surface area contributed by atoms with Crippen molar-refractivity contribution >= 4 is 23.2 Å². The molecule has 1 atom stereocenters. The van der Waals surface area contributed by atoms with Crippen molar-refractivity contribution in [2.45, 2.75) is 32.2 Å². The van der Waals surface area contributed by atoms with E-state index in [-0.39, 0.29) is 5.91 Å². The lowest BCUT2D eigenvalue weighted by molar-refractivity contribution is -0.141. The predicted octanol–water partition coefficient (Wildman–Crippen LogP) is 1.39. The molecule has 0 bridgehead atoms. The average Bonchev–Trinajstić information content (AvgIpc) is 2.96. The Morgan fingerprint density at radius 3 is 3.06 bits per heavy atom. The molecular weight excluding hydrogens is 240 g/mol. The standard InChI is InChI=1S/C11H14N2O3S/c1-2-7-9(17-6-12-7)10(14)13-5-3-4-8(13)11(15)16/h6,8H,2-5H2,1H3,(H,15,16)/t8-/m1/s1. The maximum absolute atomic E-state index is 12.2. The third-order valence-corrected chi connectivity index (χ3v) is 3.83. The Kier molecular flexibility index (Phi) is 3.42. The molecule has 0 radical (unpaired) electrons. The normalized spacial score (nSPS) is 19.6. The third-order valence-electron chi connectivity index (χ3n) is 2.97. The van der Waals surface area contributed by atoms with Gasteiger partial charge in [0.2, 0.25) is 0 Å². The number of nitrogens with zero attached hydrogens (tertiary/aromatic N) is 2. The molecule has 0 unspecified atom stereocenters. The summed E-state index contributed by atoms with van der Waals surface area (Å²) in [7, 11) is 0. The van der Waals surface area contributed by atoms with Crippen molar-refractivity contribution in [2.75, 3.05) is 6.54 Å². The molecular formula is C11H14N2O3S. The van der Waals surface area contributed by atoms with Gasteiger partial charge < -0.3 is 10.0 Å². The van der Waals surface area contributed by atoms with Crippen LogP contribution >= 0.6 is 11.3 Å². The summed E-state index contributed by atoms with van der Waals surface area (Å²) in [6.45, 7) is 2.46. The second-order valence-corrected chi connectivity index (χ2v) is 4.83. The summed E-state index contributed by atoms with van der Waals surface area (Å²) in [6.07, 6.45) is 1.99. The minimum atomic E-state index is -0.918. The van der Waals surface area contributed by atoms with Gasteiger partial charge in [0.1, 0.15) is 10.9 Å². The van der Waals surface area contributed by atoms with Gasteiger partial charge in [-0.1, -0.05) is 6.92 Å². The Morgan fingerprint density at radius 2 is 2.41 bits per heavy atom. The number of aliphatic carboxylic acids is 1. The molecule has 6 heteroatoms. The Bertz CT molecular complexity index is 444. The number of carboxylic acids is 1. The predicted molar refractivity (Wildman–Crippen MR) is 63.2 cm³/mol. The number of aryl methyl sites for hydroxylation is 1. The summed E-state index contributed by atoms with van der Waals surface area (Å²) in [5.41, 5.74) is 2.40. The van der Waals surface area contributed by atoms with Gasteiger partial charge in [0.25, 0.3) is 5.91 Å². The zero-order chi connectivity index (χ0) is 12.4. The maximum Gasteiger partial charge on any atom is 0.326 e. The summed E-state index contributed by atoms with van der Waals surface area (Å²) in [6, 6.07) is -0.672. The fourth-order valence-electron chi connectivity index (χ4n) is 2.09. The van der Waals surface area contributed by atoms with E-state index in [4.69, 9.17) is 5.11 Å². The van der Waals surface area contributed by atoms with E-state index < -0.39 is 12.0 Å². The van der Waals surface area contributed by atoms with Crippen molar-refractivity contribution in [1.82, 2.24) is 9.88 Å². The first kappa shape index (κ1) is 12.0. The fraction of sp³-hybridized carbons (Fsp3) is 0.545. The summed E-state index contributed by atoms with van der Waals surface area (Å²) in [4.78, 5) is 29.4. The van der Waals surface area contributed by atoms with Gasteiger partial charge in [-0.25, -0.2) is 9.78 Å². The molecule has 1 amide bonds. The van der Waals surface area contributed by atoms with Crippen molar-refractivity contribution in [1.29, 1.82) is 0 Å². The molecule has 0 aromatic carbocycles. The van der Waals surface area contributed by atoms with Crippen molar-refractivity contribution in [3.05, 3.63) is 16.1 Å². The van der Waals surface area contributed by atoms with Crippen LogP contribution in [-0.4, -0.2) is 39.5 Å². The number of carboxylic acid groups (broad SMARTS) is 1. The molecule has 5 nitrogen and oxygen atoms in total. The van der Waals surface area contributed by atoms with Gasteiger partial charge in [0.15, 0.2) is 0 Å². The van der Waals surface area contributed by atoms with E-state index >= 15 is 0 Å². The van der Waals surface area contributed by atoms with Crippen LogP contribution in [0.1, 0.15) is 35.1 Å². The quantitative estimate of drug-likeness (QED) is 0.885. The van der Waals surface area contributed by atoms with E-state index in [2.05, 4.69) is 4.98 Å². The summed E-state index contributed by atoms with van der Waals surface area (Å²) < 4.78 is 0. The van der Waals surface area contributed by atoms with Gasteiger partial charge in [-0.05, 0) is 19.3 Å². The first-order valence-electron chi connectivity index (χ1n) is 5.61. The number of thiazole rings is 1. The number of hydrogen-bond donors (Lipinski definition) is 1. The van der Waals surface area contributed by atoms with E-state index in [0.29, 0.717) is 24.3 Å². The van der Waals surface area contributed by atoms with E-state index in [9.17, 15) is 9.59 Å². The van der Waals surface area contributed by atoms with Crippen LogP contribution in [-0.2, 0) is 11.2 Å². The highest BCUT2D eigenvalue weighted by molar-refractivity contribution is 7.11. The molecule has 17 heavy (non-hydrogen) atoms. The number of carbonyl (C=O) groups excluding carboxylic acids is 1. The Balaban J connectivity index is 2.23. The van der Waals surface area contributed by atoms with Crippen LogP contribution in [0.4, 0.5) is 0 Å².